The highest BCUT2D eigenvalue weighted by Crippen LogP contribution is 1.96. The summed E-state index contributed by atoms with van der Waals surface area (Å²) in [6.07, 6.45) is 0.549. The van der Waals surface area contributed by atoms with E-state index in [9.17, 15) is 9.59 Å². The summed E-state index contributed by atoms with van der Waals surface area (Å²) in [6, 6.07) is 0. The molecule has 0 atom stereocenters. The fourth-order valence-corrected chi connectivity index (χ4v) is 0.623. The molecule has 0 spiro atoms. The topological polar surface area (TPSA) is 93.1 Å². The second-order valence-electron chi connectivity index (χ2n) is 2.57. The van der Waals surface area contributed by atoms with Gasteiger partial charge in [0, 0.05) is 13.2 Å². The molecule has 0 aliphatic rings. The van der Waals surface area contributed by atoms with Gasteiger partial charge in [0.25, 0.3) is 0 Å². The molecule has 0 saturated carbocycles. The number of carbonyl (C=O) groups excluding carboxylic acids is 2. The van der Waals surface area contributed by atoms with Crippen molar-refractivity contribution in [2.45, 2.75) is 25.7 Å². The molecule has 0 bridgehead atoms. The van der Waals surface area contributed by atoms with E-state index in [1.54, 1.807) is 0 Å². The number of aliphatic hydroxyl groups excluding tert-OH is 2. The standard InChI is InChI=1S/C8H14O6/c9-5-1-3-7(11)13-14-8(12)4-2-6-10/h9-10H,1-6H2. The lowest BCUT2D eigenvalue weighted by molar-refractivity contribution is -0.259. The zero-order valence-electron chi connectivity index (χ0n) is 7.77. The van der Waals surface area contributed by atoms with Gasteiger partial charge >= 0.3 is 11.9 Å². The van der Waals surface area contributed by atoms with E-state index in [-0.39, 0.29) is 38.9 Å². The summed E-state index contributed by atoms with van der Waals surface area (Å²) >= 11 is 0. The molecule has 6 heteroatoms. The smallest absolute Gasteiger partial charge is 0.355 e. The van der Waals surface area contributed by atoms with Crippen LogP contribution in [0, 0.1) is 0 Å². The first kappa shape index (κ1) is 12.9. The molecule has 0 unspecified atom stereocenters. The minimum absolute atomic E-state index is 0.00375. The van der Waals surface area contributed by atoms with Gasteiger partial charge in [0.1, 0.15) is 0 Å². The van der Waals surface area contributed by atoms with Crippen molar-refractivity contribution in [2.75, 3.05) is 13.2 Å². The third kappa shape index (κ3) is 7.51. The molecule has 0 aromatic carbocycles. The Morgan fingerprint density at radius 2 is 1.21 bits per heavy atom. The van der Waals surface area contributed by atoms with Crippen LogP contribution in [0.4, 0.5) is 0 Å². The molecular weight excluding hydrogens is 192 g/mol. The molecule has 0 amide bonds. The van der Waals surface area contributed by atoms with E-state index in [1.165, 1.54) is 0 Å². The quantitative estimate of drug-likeness (QED) is 0.451. The number of rotatable bonds is 6. The molecule has 0 aliphatic carbocycles. The van der Waals surface area contributed by atoms with Crippen LogP contribution in [0.1, 0.15) is 25.7 Å². The van der Waals surface area contributed by atoms with Gasteiger partial charge in [-0.05, 0) is 12.8 Å². The zero-order chi connectivity index (χ0) is 10.8. The summed E-state index contributed by atoms with van der Waals surface area (Å²) in [7, 11) is 0. The van der Waals surface area contributed by atoms with E-state index in [4.69, 9.17) is 10.2 Å². The Morgan fingerprint density at radius 1 is 0.857 bits per heavy atom. The lowest BCUT2D eigenvalue weighted by Gasteiger charge is -2.01. The van der Waals surface area contributed by atoms with Crippen molar-refractivity contribution >= 4 is 11.9 Å². The fraction of sp³-hybridized carbons (Fsp3) is 0.750. The van der Waals surface area contributed by atoms with E-state index in [1.807, 2.05) is 0 Å². The molecule has 0 heterocycles. The highest BCUT2D eigenvalue weighted by Gasteiger charge is 2.08. The summed E-state index contributed by atoms with van der Waals surface area (Å²) in [4.78, 5) is 29.7. The summed E-state index contributed by atoms with van der Waals surface area (Å²) in [6.45, 7) is -0.235. The van der Waals surface area contributed by atoms with E-state index < -0.39 is 11.9 Å². The van der Waals surface area contributed by atoms with Crippen molar-refractivity contribution in [3.05, 3.63) is 0 Å². The van der Waals surface area contributed by atoms with Gasteiger partial charge in [0.05, 0.1) is 12.8 Å². The van der Waals surface area contributed by atoms with Gasteiger partial charge in [-0.2, -0.15) is 0 Å². The molecule has 0 saturated heterocycles. The van der Waals surface area contributed by atoms with Crippen molar-refractivity contribution < 1.29 is 29.6 Å². The van der Waals surface area contributed by atoms with Gasteiger partial charge < -0.3 is 10.2 Å². The first-order valence-corrected chi connectivity index (χ1v) is 4.32. The minimum atomic E-state index is -0.698. The molecule has 82 valence electrons. The Kier molecular flexibility index (Phi) is 7.77. The number of aliphatic hydroxyl groups is 2. The van der Waals surface area contributed by atoms with Crippen LogP contribution in [0.15, 0.2) is 0 Å². The van der Waals surface area contributed by atoms with Gasteiger partial charge in [-0.15, -0.1) is 0 Å². The Labute approximate surface area is 81.4 Å². The number of hydrogen-bond donors (Lipinski definition) is 2. The van der Waals surface area contributed by atoms with Crippen LogP contribution >= 0.6 is 0 Å². The van der Waals surface area contributed by atoms with Crippen LogP contribution in [0.2, 0.25) is 0 Å². The van der Waals surface area contributed by atoms with E-state index >= 15 is 0 Å². The molecule has 6 nitrogen and oxygen atoms in total. The van der Waals surface area contributed by atoms with Crippen LogP contribution < -0.4 is 0 Å². The van der Waals surface area contributed by atoms with Crippen molar-refractivity contribution in [1.82, 2.24) is 0 Å². The maximum Gasteiger partial charge on any atom is 0.355 e. The lowest BCUT2D eigenvalue weighted by Crippen LogP contribution is -2.11. The number of carbonyl (C=O) groups is 2. The van der Waals surface area contributed by atoms with Crippen LogP contribution in [0.25, 0.3) is 0 Å². The summed E-state index contributed by atoms with van der Waals surface area (Å²) < 4.78 is 0. The first-order chi connectivity index (χ1) is 6.70. The van der Waals surface area contributed by atoms with Crippen LogP contribution in [0.5, 0.6) is 0 Å². The van der Waals surface area contributed by atoms with E-state index in [0.29, 0.717) is 0 Å². The Morgan fingerprint density at radius 3 is 1.50 bits per heavy atom. The monoisotopic (exact) mass is 206 g/mol. The third-order valence-corrected chi connectivity index (χ3v) is 1.31. The van der Waals surface area contributed by atoms with Gasteiger partial charge in [0.15, 0.2) is 0 Å². The second kappa shape index (κ2) is 8.46. The zero-order valence-corrected chi connectivity index (χ0v) is 7.77. The average molecular weight is 206 g/mol. The van der Waals surface area contributed by atoms with Crippen LogP contribution in [-0.4, -0.2) is 35.4 Å². The first-order valence-electron chi connectivity index (χ1n) is 4.32. The summed E-state index contributed by atoms with van der Waals surface area (Å²) in [5.41, 5.74) is 0. The molecule has 0 radical (unpaired) electrons. The average Bonchev–Trinajstić information content (AvgIpc) is 2.20. The Hall–Kier alpha value is -1.14. The molecule has 14 heavy (non-hydrogen) atoms. The molecule has 0 aromatic heterocycles. The highest BCUT2D eigenvalue weighted by atomic mass is 17.2. The van der Waals surface area contributed by atoms with Crippen molar-refractivity contribution in [3.63, 3.8) is 0 Å². The van der Waals surface area contributed by atoms with E-state index in [2.05, 4.69) is 9.78 Å². The highest BCUT2D eigenvalue weighted by molar-refractivity contribution is 5.72. The fourth-order valence-electron chi connectivity index (χ4n) is 0.623. The Balaban J connectivity index is 3.41. The normalized spacial score (nSPS) is 9.57. The summed E-state index contributed by atoms with van der Waals surface area (Å²) in [5, 5.41) is 16.7. The van der Waals surface area contributed by atoms with Crippen molar-refractivity contribution in [2.24, 2.45) is 0 Å². The van der Waals surface area contributed by atoms with Gasteiger partial charge in [-0.3, -0.25) is 0 Å². The van der Waals surface area contributed by atoms with Gasteiger partial charge in [-0.25, -0.2) is 19.4 Å². The predicted octanol–water partition coefficient (Wildman–Crippen LogP) is -0.467. The van der Waals surface area contributed by atoms with E-state index in [0.717, 1.165) is 0 Å². The predicted molar refractivity (Wildman–Crippen MR) is 44.8 cm³/mol. The van der Waals surface area contributed by atoms with Gasteiger partial charge in [-0.1, -0.05) is 0 Å². The maximum absolute atomic E-state index is 10.7. The van der Waals surface area contributed by atoms with Gasteiger partial charge in [0.2, 0.25) is 0 Å². The minimum Gasteiger partial charge on any atom is -0.396 e. The number of hydrogen-bond acceptors (Lipinski definition) is 6. The van der Waals surface area contributed by atoms with Crippen molar-refractivity contribution in [3.8, 4) is 0 Å². The largest absolute Gasteiger partial charge is 0.396 e. The summed E-state index contributed by atoms with van der Waals surface area (Å²) in [5.74, 6) is -1.40. The third-order valence-electron chi connectivity index (χ3n) is 1.31. The lowest BCUT2D eigenvalue weighted by atomic mass is 10.3. The van der Waals surface area contributed by atoms with Crippen LogP contribution in [-0.2, 0) is 19.4 Å². The molecule has 2 N–H and O–H groups in total. The van der Waals surface area contributed by atoms with Crippen molar-refractivity contribution in [1.29, 1.82) is 0 Å². The molecular formula is C8H14O6. The Bertz CT molecular complexity index is 159. The molecule has 0 fully saturated rings. The second-order valence-corrected chi connectivity index (χ2v) is 2.57. The molecule has 0 aromatic rings. The maximum atomic E-state index is 10.7. The SMILES string of the molecule is O=C(CCCO)OOC(=O)CCCO. The van der Waals surface area contributed by atoms with Crippen LogP contribution in [0.3, 0.4) is 0 Å². The molecule has 0 rings (SSSR count). The molecule has 0 aliphatic heterocycles.